The van der Waals surface area contributed by atoms with E-state index in [-0.39, 0.29) is 24.0 Å². The Hall–Kier alpha value is -2.43. The smallest absolute Gasteiger partial charge is 0.203 e. The molecule has 3 N–H and O–H groups in total. The summed E-state index contributed by atoms with van der Waals surface area (Å²) in [4.78, 5) is 11.5. The zero-order chi connectivity index (χ0) is 19.6. The highest BCUT2D eigenvalue weighted by Gasteiger charge is 2.23. The van der Waals surface area contributed by atoms with E-state index in [1.54, 1.807) is 12.5 Å². The van der Waals surface area contributed by atoms with E-state index in [1.165, 1.54) is 24.0 Å². The van der Waals surface area contributed by atoms with Crippen LogP contribution in [0.4, 0.5) is 11.5 Å². The molecule has 3 aromatic rings. The molecule has 1 unspecified atom stereocenters. The van der Waals surface area contributed by atoms with Crippen LogP contribution >= 0.6 is 24.0 Å². The van der Waals surface area contributed by atoms with Gasteiger partial charge in [-0.05, 0) is 61.3 Å². The molecule has 5 rings (SSSR count). The summed E-state index contributed by atoms with van der Waals surface area (Å²) in [5.74, 6) is 1.81. The van der Waals surface area contributed by atoms with E-state index in [4.69, 9.17) is 5.73 Å². The third-order valence-electron chi connectivity index (χ3n) is 5.91. The maximum absolute atomic E-state index is 6.17. The summed E-state index contributed by atoms with van der Waals surface area (Å²) in [6.45, 7) is 2.58. The number of benzene rings is 1. The predicted octanol–water partition coefficient (Wildman–Crippen LogP) is 2.87. The molecular formula is C21H27IN8. The second kappa shape index (κ2) is 9.15. The molecule has 1 fully saturated rings. The lowest BCUT2D eigenvalue weighted by Gasteiger charge is -2.32. The van der Waals surface area contributed by atoms with Crippen molar-refractivity contribution < 1.29 is 0 Å². The molecule has 1 aromatic carbocycles. The highest BCUT2D eigenvalue weighted by atomic mass is 127. The van der Waals surface area contributed by atoms with Gasteiger partial charge in [-0.3, -0.25) is 9.39 Å². The number of hydrogen-bond acceptors (Lipinski definition) is 5. The molecule has 1 aliphatic carbocycles. The van der Waals surface area contributed by atoms with Gasteiger partial charge in [0.25, 0.3) is 0 Å². The molecule has 0 saturated carbocycles. The van der Waals surface area contributed by atoms with E-state index in [1.807, 2.05) is 10.6 Å². The minimum absolute atomic E-state index is 0. The second-order valence-corrected chi connectivity index (χ2v) is 7.95. The number of nitrogens with zero attached hydrogens (tertiary/aromatic N) is 6. The first-order valence-corrected chi connectivity index (χ1v) is 10.3. The zero-order valence-corrected chi connectivity index (χ0v) is 19.2. The van der Waals surface area contributed by atoms with Gasteiger partial charge in [0.05, 0.1) is 0 Å². The molecule has 1 aliphatic heterocycles. The molecule has 8 nitrogen and oxygen atoms in total. The number of nitrogens with two attached hydrogens (primary N) is 1. The number of fused-ring (bicyclic) bond motifs is 2. The van der Waals surface area contributed by atoms with Gasteiger partial charge in [-0.15, -0.1) is 34.2 Å². The number of hydrogen-bond donors (Lipinski definition) is 2. The van der Waals surface area contributed by atoms with Crippen LogP contribution in [-0.2, 0) is 12.8 Å². The van der Waals surface area contributed by atoms with Crippen LogP contribution in [0.2, 0.25) is 0 Å². The Balaban J connectivity index is 0.00000218. The van der Waals surface area contributed by atoms with Gasteiger partial charge in [0.1, 0.15) is 6.33 Å². The molecule has 3 heterocycles. The number of nitrogens with one attached hydrogen (secondary N) is 1. The maximum atomic E-state index is 6.17. The van der Waals surface area contributed by atoms with Crippen LogP contribution in [0.3, 0.4) is 0 Å². The lowest BCUT2D eigenvalue weighted by atomic mass is 9.98. The first-order valence-electron chi connectivity index (χ1n) is 10.3. The Kier molecular flexibility index (Phi) is 6.35. The predicted molar refractivity (Wildman–Crippen MR) is 130 cm³/mol. The summed E-state index contributed by atoms with van der Waals surface area (Å²) < 4.78 is 1.91. The first-order chi connectivity index (χ1) is 14.3. The molecule has 1 atom stereocenters. The van der Waals surface area contributed by atoms with E-state index in [0.717, 1.165) is 49.5 Å². The van der Waals surface area contributed by atoms with E-state index in [2.05, 4.69) is 48.6 Å². The molecule has 30 heavy (non-hydrogen) atoms. The molecule has 0 radical (unpaired) electrons. The fourth-order valence-electron chi connectivity index (χ4n) is 4.44. The summed E-state index contributed by atoms with van der Waals surface area (Å²) in [6, 6.07) is 6.51. The third kappa shape index (κ3) is 4.35. The van der Waals surface area contributed by atoms with Gasteiger partial charge in [0.2, 0.25) is 5.65 Å². The van der Waals surface area contributed by atoms with Crippen molar-refractivity contribution in [2.75, 3.05) is 29.9 Å². The highest BCUT2D eigenvalue weighted by Crippen LogP contribution is 2.26. The van der Waals surface area contributed by atoms with E-state index < -0.39 is 0 Å². The van der Waals surface area contributed by atoms with Gasteiger partial charge >= 0.3 is 0 Å². The van der Waals surface area contributed by atoms with Crippen molar-refractivity contribution in [3.05, 3.63) is 48.0 Å². The molecule has 2 aliphatic rings. The number of halogens is 1. The molecule has 9 heteroatoms. The molecule has 1 saturated heterocycles. The largest absolute Gasteiger partial charge is 0.370 e. The van der Waals surface area contributed by atoms with Crippen molar-refractivity contribution in [3.8, 4) is 0 Å². The summed E-state index contributed by atoms with van der Waals surface area (Å²) in [7, 11) is 0. The average Bonchev–Trinajstić information content (AvgIpc) is 3.41. The maximum Gasteiger partial charge on any atom is 0.203 e. The number of guanidine groups is 1. The Morgan fingerprint density at radius 1 is 1.23 bits per heavy atom. The van der Waals surface area contributed by atoms with Crippen molar-refractivity contribution in [1.29, 1.82) is 0 Å². The molecule has 0 bridgehead atoms. The van der Waals surface area contributed by atoms with E-state index in [9.17, 15) is 0 Å². The molecule has 158 valence electrons. The molecule has 0 spiro atoms. The van der Waals surface area contributed by atoms with Crippen LogP contribution in [0.15, 0.2) is 41.9 Å². The number of aliphatic imine (C=N–C) groups is 1. The Morgan fingerprint density at radius 2 is 2.13 bits per heavy atom. The molecule has 2 aromatic heterocycles. The summed E-state index contributed by atoms with van der Waals surface area (Å²) in [5.41, 5.74) is 10.9. The van der Waals surface area contributed by atoms with Gasteiger partial charge in [-0.25, -0.2) is 4.98 Å². The normalized spacial score (nSPS) is 18.9. The lowest BCUT2D eigenvalue weighted by Crippen LogP contribution is -2.38. The number of aryl methyl sites for hydroxylation is 2. The minimum atomic E-state index is 0. The minimum Gasteiger partial charge on any atom is -0.370 e. The summed E-state index contributed by atoms with van der Waals surface area (Å²) in [6.07, 6.45) is 11.2. The Labute approximate surface area is 193 Å². The van der Waals surface area contributed by atoms with Crippen molar-refractivity contribution >= 4 is 47.1 Å². The van der Waals surface area contributed by atoms with Crippen LogP contribution in [0.5, 0.6) is 0 Å². The first kappa shape index (κ1) is 20.8. The summed E-state index contributed by atoms with van der Waals surface area (Å²) >= 11 is 0. The van der Waals surface area contributed by atoms with Crippen molar-refractivity contribution in [3.63, 3.8) is 0 Å². The topological polar surface area (TPSA) is 96.7 Å². The Morgan fingerprint density at radius 3 is 3.07 bits per heavy atom. The fraction of sp³-hybridized carbons (Fsp3) is 0.429. The number of anilines is 2. The van der Waals surface area contributed by atoms with Crippen molar-refractivity contribution in [2.24, 2.45) is 16.6 Å². The van der Waals surface area contributed by atoms with Crippen LogP contribution in [0.25, 0.3) is 5.65 Å². The monoisotopic (exact) mass is 518 g/mol. The van der Waals surface area contributed by atoms with Gasteiger partial charge in [-0.1, -0.05) is 6.07 Å². The number of aromatic nitrogens is 4. The third-order valence-corrected chi connectivity index (χ3v) is 5.91. The van der Waals surface area contributed by atoms with Crippen molar-refractivity contribution in [1.82, 2.24) is 19.6 Å². The Bertz CT molecular complexity index is 1050. The SMILES string of the molecule is I.NC(=NCC1CCCN(c2nccn3cnnc23)C1)Nc1ccc2c(c1)CCC2. The van der Waals surface area contributed by atoms with E-state index >= 15 is 0 Å². The quantitative estimate of drug-likeness (QED) is 0.313. The molecule has 0 amide bonds. The average molecular weight is 518 g/mol. The van der Waals surface area contributed by atoms with Crippen LogP contribution in [0, 0.1) is 5.92 Å². The van der Waals surface area contributed by atoms with Crippen LogP contribution in [-0.4, -0.2) is 45.2 Å². The van der Waals surface area contributed by atoms with Crippen LogP contribution in [0.1, 0.15) is 30.4 Å². The van der Waals surface area contributed by atoms with Gasteiger partial charge in [-0.2, -0.15) is 0 Å². The number of rotatable bonds is 4. The molecular weight excluding hydrogens is 491 g/mol. The second-order valence-electron chi connectivity index (χ2n) is 7.95. The fourth-order valence-corrected chi connectivity index (χ4v) is 4.44. The standard InChI is InChI=1S/C21H26N8.HI/c22-21(26-18-7-6-16-4-1-5-17(16)11-18)24-12-15-3-2-9-28(13-15)19-20-27-25-14-29(20)10-8-23-19;/h6-8,10-11,14-15H,1-5,9,12-13H2,(H3,22,24,26);1H. The zero-order valence-electron chi connectivity index (χ0n) is 16.9. The highest BCUT2D eigenvalue weighted by molar-refractivity contribution is 14.0. The van der Waals surface area contributed by atoms with E-state index in [0.29, 0.717) is 18.4 Å². The van der Waals surface area contributed by atoms with Gasteiger partial charge in [0, 0.05) is 37.7 Å². The summed E-state index contributed by atoms with van der Waals surface area (Å²) in [5, 5.41) is 11.5. The number of piperidine rings is 1. The van der Waals surface area contributed by atoms with Gasteiger partial charge in [0.15, 0.2) is 11.8 Å². The van der Waals surface area contributed by atoms with Gasteiger partial charge < -0.3 is 16.0 Å². The van der Waals surface area contributed by atoms with Crippen LogP contribution < -0.4 is 16.0 Å². The lowest BCUT2D eigenvalue weighted by molar-refractivity contribution is 0.422. The van der Waals surface area contributed by atoms with Crippen molar-refractivity contribution in [2.45, 2.75) is 32.1 Å².